The maximum Gasteiger partial charge on any atom is 0.317 e. The molecule has 0 amide bonds. The molecule has 0 radical (unpaired) electrons. The van der Waals surface area contributed by atoms with Crippen LogP contribution >= 0.6 is 11.3 Å². The van der Waals surface area contributed by atoms with Crippen LogP contribution in [0.3, 0.4) is 0 Å². The maximum atomic E-state index is 12.0. The molecule has 32 heavy (non-hydrogen) atoms. The van der Waals surface area contributed by atoms with Gasteiger partial charge in [0.05, 0.1) is 25.3 Å². The van der Waals surface area contributed by atoms with Gasteiger partial charge in [-0.3, -0.25) is 19.9 Å². The van der Waals surface area contributed by atoms with Gasteiger partial charge in [-0.25, -0.2) is 4.98 Å². The molecule has 9 nitrogen and oxygen atoms in total. The molecule has 4 N–H and O–H groups in total. The number of anilines is 1. The first-order chi connectivity index (χ1) is 15.4. The summed E-state index contributed by atoms with van der Waals surface area (Å²) in [4.78, 5) is 31.9. The summed E-state index contributed by atoms with van der Waals surface area (Å²) in [6.07, 6.45) is 1.88. The lowest BCUT2D eigenvalue weighted by Crippen LogP contribution is -2.47. The monoisotopic (exact) mass is 459 g/mol. The number of nitrogens with two attached hydrogens (primary N) is 1. The summed E-state index contributed by atoms with van der Waals surface area (Å²) in [7, 11) is 0. The number of nitrogen functional groups attached to an aromatic ring is 1. The van der Waals surface area contributed by atoms with E-state index in [1.807, 2.05) is 22.4 Å². The van der Waals surface area contributed by atoms with Gasteiger partial charge < -0.3 is 20.5 Å². The summed E-state index contributed by atoms with van der Waals surface area (Å²) in [6.45, 7) is 4.07. The largest absolute Gasteiger partial charge is 0.480 e. The average Bonchev–Trinajstić information content (AvgIpc) is 3.25. The van der Waals surface area contributed by atoms with Crippen LogP contribution in [0.1, 0.15) is 31.7 Å². The van der Waals surface area contributed by atoms with Gasteiger partial charge in [0.15, 0.2) is 5.13 Å². The van der Waals surface area contributed by atoms with Crippen LogP contribution in [0.25, 0.3) is 11.3 Å². The molecule has 2 heterocycles. The molecule has 0 aliphatic carbocycles. The van der Waals surface area contributed by atoms with E-state index in [2.05, 4.69) is 4.90 Å². The van der Waals surface area contributed by atoms with Crippen LogP contribution in [0.2, 0.25) is 0 Å². The van der Waals surface area contributed by atoms with Crippen molar-refractivity contribution < 1.29 is 19.4 Å². The number of nitrogens with one attached hydrogen (secondary N) is 1. The van der Waals surface area contributed by atoms with E-state index >= 15 is 0 Å². The van der Waals surface area contributed by atoms with Crippen LogP contribution in [0, 0.1) is 5.41 Å². The van der Waals surface area contributed by atoms with E-state index in [1.165, 1.54) is 11.3 Å². The van der Waals surface area contributed by atoms with Gasteiger partial charge in [0.2, 0.25) is 0 Å². The number of piperidine rings is 1. The Bertz CT molecular complexity index is 938. The first-order valence-electron chi connectivity index (χ1n) is 10.6. The van der Waals surface area contributed by atoms with E-state index in [-0.39, 0.29) is 30.8 Å². The van der Waals surface area contributed by atoms with Crippen molar-refractivity contribution in [3.8, 4) is 11.3 Å². The highest BCUT2D eigenvalue weighted by molar-refractivity contribution is 7.14. The first kappa shape index (κ1) is 23.7. The Morgan fingerprint density at radius 1 is 1.31 bits per heavy atom. The third-order valence-electron chi connectivity index (χ3n) is 5.45. The second kappa shape index (κ2) is 11.1. The molecule has 1 aromatic heterocycles. The number of esters is 1. The summed E-state index contributed by atoms with van der Waals surface area (Å²) in [5.74, 6) is -1.03. The molecular formula is C22H29N5O4S. The second-order valence-electron chi connectivity index (χ2n) is 7.66. The van der Waals surface area contributed by atoms with Gasteiger partial charge in [-0.15, -0.1) is 11.3 Å². The standard InChI is InChI=1S/C22H29N5O4S/c1-2-31-20(30)9-12-27(17-7-10-26(11-8-17)13-19(28)29)22-25-18(14-32-22)15-3-5-16(6-4-15)21(23)24/h3-6,14,17H,2,7-13H2,1H3,(H3,23,24)(H,28,29). The fraction of sp³-hybridized carbons (Fsp3) is 0.455. The minimum Gasteiger partial charge on any atom is -0.480 e. The molecule has 0 unspecified atom stereocenters. The number of carbonyl (C=O) groups is 2. The predicted octanol–water partition coefficient (Wildman–Crippen LogP) is 2.40. The average molecular weight is 460 g/mol. The van der Waals surface area contributed by atoms with Crippen LogP contribution < -0.4 is 10.6 Å². The van der Waals surface area contributed by atoms with Gasteiger partial charge in [-0.05, 0) is 19.8 Å². The molecule has 1 fully saturated rings. The van der Waals surface area contributed by atoms with Crippen molar-refractivity contribution in [2.24, 2.45) is 5.73 Å². The Labute approximate surface area is 191 Å². The van der Waals surface area contributed by atoms with E-state index in [9.17, 15) is 9.59 Å². The summed E-state index contributed by atoms with van der Waals surface area (Å²) < 4.78 is 5.10. The lowest BCUT2D eigenvalue weighted by Gasteiger charge is -2.38. The quantitative estimate of drug-likeness (QED) is 0.280. The van der Waals surface area contributed by atoms with Crippen LogP contribution in [0.4, 0.5) is 5.13 Å². The number of rotatable bonds is 10. The molecule has 172 valence electrons. The molecule has 0 spiro atoms. The molecule has 0 bridgehead atoms. The lowest BCUT2D eigenvalue weighted by molar-refractivity contribution is -0.143. The zero-order valence-corrected chi connectivity index (χ0v) is 18.9. The van der Waals surface area contributed by atoms with E-state index in [4.69, 9.17) is 26.0 Å². The SMILES string of the molecule is CCOC(=O)CCN(c1nc(-c2ccc(C(=N)N)cc2)cs1)C1CCN(CC(=O)O)CC1. The molecule has 1 aromatic carbocycles. The molecule has 10 heteroatoms. The topological polar surface area (TPSA) is 133 Å². The smallest absolute Gasteiger partial charge is 0.317 e. The third kappa shape index (κ3) is 6.27. The number of carboxylic acid groups (broad SMARTS) is 1. The highest BCUT2D eigenvalue weighted by atomic mass is 32.1. The van der Waals surface area contributed by atoms with E-state index in [0.29, 0.717) is 31.8 Å². The Balaban J connectivity index is 1.75. The zero-order chi connectivity index (χ0) is 23.1. The van der Waals surface area contributed by atoms with Crippen molar-refractivity contribution in [3.63, 3.8) is 0 Å². The van der Waals surface area contributed by atoms with Crippen molar-refractivity contribution in [2.45, 2.75) is 32.2 Å². The number of aromatic nitrogens is 1. The van der Waals surface area contributed by atoms with Gasteiger partial charge in [0, 0.05) is 42.2 Å². The Morgan fingerprint density at radius 2 is 2.00 bits per heavy atom. The molecule has 0 saturated carbocycles. The van der Waals surface area contributed by atoms with Crippen molar-refractivity contribution in [3.05, 3.63) is 35.2 Å². The number of aliphatic carboxylic acids is 1. The summed E-state index contributed by atoms with van der Waals surface area (Å²) in [6, 6.07) is 7.56. The first-order valence-corrected chi connectivity index (χ1v) is 11.5. The highest BCUT2D eigenvalue weighted by Gasteiger charge is 2.28. The van der Waals surface area contributed by atoms with Crippen LogP contribution in [0.5, 0.6) is 0 Å². The van der Waals surface area contributed by atoms with Gasteiger partial charge in [0.1, 0.15) is 5.84 Å². The minimum atomic E-state index is -0.817. The molecular weight excluding hydrogens is 430 g/mol. The fourth-order valence-corrected chi connectivity index (χ4v) is 4.74. The van der Waals surface area contributed by atoms with Gasteiger partial charge >= 0.3 is 11.9 Å². The van der Waals surface area contributed by atoms with Crippen molar-refractivity contribution in [1.29, 1.82) is 5.41 Å². The molecule has 1 aliphatic rings. The highest BCUT2D eigenvalue weighted by Crippen LogP contribution is 2.31. The van der Waals surface area contributed by atoms with E-state index in [1.54, 1.807) is 19.1 Å². The molecule has 2 aromatic rings. The number of thiazole rings is 1. The van der Waals surface area contributed by atoms with Crippen molar-refractivity contribution in [1.82, 2.24) is 9.88 Å². The number of hydrogen-bond acceptors (Lipinski definition) is 8. The molecule has 1 aliphatic heterocycles. The fourth-order valence-electron chi connectivity index (χ4n) is 3.81. The summed E-state index contributed by atoms with van der Waals surface area (Å²) in [5, 5.41) is 19.4. The van der Waals surface area contributed by atoms with Gasteiger partial charge in [0.25, 0.3) is 0 Å². The second-order valence-corrected chi connectivity index (χ2v) is 8.49. The number of nitrogens with zero attached hydrogens (tertiary/aromatic N) is 3. The number of benzene rings is 1. The third-order valence-corrected chi connectivity index (χ3v) is 6.33. The van der Waals surface area contributed by atoms with Gasteiger partial charge in [-0.2, -0.15) is 0 Å². The van der Waals surface area contributed by atoms with Crippen LogP contribution in [-0.4, -0.2) is 71.6 Å². The summed E-state index contributed by atoms with van der Waals surface area (Å²) >= 11 is 1.52. The van der Waals surface area contributed by atoms with E-state index in [0.717, 1.165) is 29.2 Å². The zero-order valence-electron chi connectivity index (χ0n) is 18.1. The van der Waals surface area contributed by atoms with Crippen LogP contribution in [0.15, 0.2) is 29.6 Å². The number of amidine groups is 1. The number of ether oxygens (including phenoxy) is 1. The van der Waals surface area contributed by atoms with E-state index < -0.39 is 5.97 Å². The number of carboxylic acids is 1. The number of hydrogen-bond donors (Lipinski definition) is 3. The minimum absolute atomic E-state index is 0.0231. The Hall–Kier alpha value is -2.98. The maximum absolute atomic E-state index is 12.0. The van der Waals surface area contributed by atoms with Crippen molar-refractivity contribution in [2.75, 3.05) is 37.7 Å². The number of likely N-dealkylation sites (tertiary alicyclic amines) is 1. The van der Waals surface area contributed by atoms with Gasteiger partial charge in [-0.1, -0.05) is 24.3 Å². The Kier molecular flexibility index (Phi) is 8.18. The van der Waals surface area contributed by atoms with Crippen LogP contribution in [-0.2, 0) is 14.3 Å². The Morgan fingerprint density at radius 3 is 2.59 bits per heavy atom. The molecule has 3 rings (SSSR count). The number of carbonyl (C=O) groups excluding carboxylic acids is 1. The lowest BCUT2D eigenvalue weighted by atomic mass is 10.0. The molecule has 1 saturated heterocycles. The van der Waals surface area contributed by atoms with Crippen molar-refractivity contribution >= 4 is 34.2 Å². The summed E-state index contributed by atoms with van der Waals surface area (Å²) in [5.41, 5.74) is 7.95. The normalized spacial score (nSPS) is 14.8. The molecule has 0 atom stereocenters. The predicted molar refractivity (Wildman–Crippen MR) is 124 cm³/mol.